The number of nitrogens with zero attached hydrogens (tertiary/aromatic N) is 4. The van der Waals surface area contributed by atoms with Gasteiger partial charge in [0.15, 0.2) is 11.5 Å². The number of imidazole rings is 1. The fourth-order valence-electron chi connectivity index (χ4n) is 3.77. The highest BCUT2D eigenvalue weighted by Crippen LogP contribution is 2.49. The summed E-state index contributed by atoms with van der Waals surface area (Å²) in [5, 5.41) is 2.70. The zero-order chi connectivity index (χ0) is 25.2. The van der Waals surface area contributed by atoms with Crippen LogP contribution >= 0.6 is 7.75 Å². The molecule has 4 atom stereocenters. The lowest BCUT2D eigenvalue weighted by Gasteiger charge is -2.39. The van der Waals surface area contributed by atoms with Gasteiger partial charge in [0.1, 0.15) is 23.6 Å². The third-order valence-electron chi connectivity index (χ3n) is 5.65. The van der Waals surface area contributed by atoms with E-state index >= 15 is 0 Å². The van der Waals surface area contributed by atoms with E-state index in [0.717, 1.165) is 5.57 Å². The Bertz CT molecular complexity index is 1260. The molecule has 1 aliphatic carbocycles. The first-order valence-electron chi connectivity index (χ1n) is 11.3. The van der Waals surface area contributed by atoms with Crippen molar-refractivity contribution in [2.24, 2.45) is 5.92 Å². The molecular formula is C23H29N6O5P. The molecule has 4 rings (SSSR count). The summed E-state index contributed by atoms with van der Waals surface area (Å²) in [6.07, 6.45) is 3.42. The molecule has 35 heavy (non-hydrogen) atoms. The summed E-state index contributed by atoms with van der Waals surface area (Å²) in [5.41, 5.74) is 7.92. The number of para-hydroxylation sites is 1. The number of carbonyl (C=O) groups is 1. The van der Waals surface area contributed by atoms with Crippen molar-refractivity contribution in [3.05, 3.63) is 55.1 Å². The van der Waals surface area contributed by atoms with Gasteiger partial charge in [0.05, 0.1) is 25.1 Å². The van der Waals surface area contributed by atoms with Crippen molar-refractivity contribution >= 4 is 30.7 Å². The Hall–Kier alpha value is -3.27. The monoisotopic (exact) mass is 500 g/mol. The fourth-order valence-corrected chi connectivity index (χ4v) is 5.31. The number of nitrogens with one attached hydrogen (secondary N) is 1. The molecule has 1 fully saturated rings. The second-order valence-corrected chi connectivity index (χ2v) is 10.3. The first-order valence-corrected chi connectivity index (χ1v) is 12.8. The molecule has 0 radical (unpaired) electrons. The molecule has 2 heterocycles. The summed E-state index contributed by atoms with van der Waals surface area (Å²) in [5.74, 6) is 0.0277. The molecule has 1 saturated carbocycles. The Labute approximate surface area is 203 Å². The first kappa shape index (κ1) is 24.8. The number of fused-ring (bicyclic) bond motifs is 1. The predicted molar refractivity (Wildman–Crippen MR) is 130 cm³/mol. The number of carbonyl (C=O) groups excluding carboxylic acids is 1. The van der Waals surface area contributed by atoms with Crippen LogP contribution in [0, 0.1) is 5.92 Å². The average molecular weight is 500 g/mol. The maximum Gasteiger partial charge on any atom is 0.459 e. The van der Waals surface area contributed by atoms with Gasteiger partial charge < -0.3 is 19.6 Å². The van der Waals surface area contributed by atoms with Crippen LogP contribution in [0.15, 0.2) is 55.1 Å². The van der Waals surface area contributed by atoms with Gasteiger partial charge in [-0.1, -0.05) is 24.8 Å². The van der Waals surface area contributed by atoms with E-state index in [1.165, 1.54) is 6.33 Å². The summed E-state index contributed by atoms with van der Waals surface area (Å²) in [4.78, 5) is 24.8. The van der Waals surface area contributed by atoms with Crippen molar-refractivity contribution in [3.8, 4) is 5.75 Å². The van der Waals surface area contributed by atoms with Crippen LogP contribution in [0.3, 0.4) is 0 Å². The van der Waals surface area contributed by atoms with E-state index < -0.39 is 19.8 Å². The first-order chi connectivity index (χ1) is 16.7. The second kappa shape index (κ2) is 10.2. The molecule has 12 heteroatoms. The summed E-state index contributed by atoms with van der Waals surface area (Å²) in [6, 6.07) is 7.67. The van der Waals surface area contributed by atoms with Crippen molar-refractivity contribution in [1.82, 2.24) is 24.6 Å². The van der Waals surface area contributed by atoms with Gasteiger partial charge in [-0.05, 0) is 44.9 Å². The van der Waals surface area contributed by atoms with Crippen molar-refractivity contribution < 1.29 is 23.1 Å². The molecule has 1 unspecified atom stereocenters. The number of esters is 1. The lowest BCUT2D eigenvalue weighted by molar-refractivity contribution is -0.149. The van der Waals surface area contributed by atoms with Crippen LogP contribution in [0.2, 0.25) is 0 Å². The van der Waals surface area contributed by atoms with Crippen LogP contribution in [0.4, 0.5) is 5.82 Å². The quantitative estimate of drug-likeness (QED) is 0.240. The van der Waals surface area contributed by atoms with Gasteiger partial charge in [-0.15, -0.1) is 0 Å². The number of hydrogen-bond donors (Lipinski definition) is 2. The zero-order valence-corrected chi connectivity index (χ0v) is 20.7. The number of aromatic nitrogens is 4. The topological polar surface area (TPSA) is 143 Å². The number of rotatable bonds is 10. The number of ether oxygens (including phenoxy) is 1. The van der Waals surface area contributed by atoms with Crippen molar-refractivity contribution in [2.45, 2.75) is 45.4 Å². The maximum absolute atomic E-state index is 13.6. The van der Waals surface area contributed by atoms with E-state index in [4.69, 9.17) is 19.5 Å². The molecule has 1 aliphatic rings. The van der Waals surface area contributed by atoms with E-state index in [9.17, 15) is 9.36 Å². The second-order valence-electron chi connectivity index (χ2n) is 8.64. The van der Waals surface area contributed by atoms with Gasteiger partial charge in [0.2, 0.25) is 0 Å². The molecule has 1 aromatic carbocycles. The van der Waals surface area contributed by atoms with Gasteiger partial charge in [0.25, 0.3) is 0 Å². The Morgan fingerprint density at radius 1 is 1.26 bits per heavy atom. The number of hydrogen-bond acceptors (Lipinski definition) is 9. The maximum atomic E-state index is 13.6. The van der Waals surface area contributed by atoms with Gasteiger partial charge in [-0.2, -0.15) is 5.09 Å². The molecule has 0 saturated heterocycles. The van der Waals surface area contributed by atoms with Crippen molar-refractivity contribution in [3.63, 3.8) is 0 Å². The lowest BCUT2D eigenvalue weighted by atomic mass is 9.76. The number of nitrogen functional groups attached to an aromatic ring is 1. The van der Waals surface area contributed by atoms with Crippen molar-refractivity contribution in [1.29, 1.82) is 0 Å². The molecular weight excluding hydrogens is 471 g/mol. The fraction of sp³-hybridized carbons (Fsp3) is 0.391. The minimum Gasteiger partial charge on any atom is -0.462 e. The van der Waals surface area contributed by atoms with Crippen LogP contribution in [0.1, 0.15) is 33.2 Å². The SMILES string of the molecule is C=C1[C@H](COP(=O)(N[C@@H](C)C(=O)OC(C)C)Oc2ccccc2)C[C@@H]1n1cnc2c(N)ncnc21. The third kappa shape index (κ3) is 5.53. The third-order valence-corrected chi connectivity index (χ3v) is 7.30. The van der Waals surface area contributed by atoms with Crippen LogP contribution in [-0.4, -0.2) is 44.2 Å². The smallest absolute Gasteiger partial charge is 0.459 e. The largest absolute Gasteiger partial charge is 0.462 e. The standard InChI is InChI=1S/C23H29N6O5P/c1-14(2)33-23(30)16(4)28-35(31,34-18-8-6-5-7-9-18)32-11-17-10-19(15(17)3)29-13-27-20-21(24)25-12-26-22(20)29/h5-9,12-14,16-17,19H,3,10-11H2,1-2,4H3,(H,28,31)(H2,24,25,26)/t16-,17-,19-,35?/m0/s1. The molecule has 0 aliphatic heterocycles. The zero-order valence-electron chi connectivity index (χ0n) is 19.8. The van der Waals surface area contributed by atoms with Crippen LogP contribution in [-0.2, 0) is 18.6 Å². The van der Waals surface area contributed by atoms with Gasteiger partial charge in [-0.25, -0.2) is 19.5 Å². The van der Waals surface area contributed by atoms with E-state index in [1.807, 2.05) is 10.6 Å². The molecule has 3 N–H and O–H groups in total. The predicted octanol–water partition coefficient (Wildman–Crippen LogP) is 3.66. The number of benzene rings is 1. The highest BCUT2D eigenvalue weighted by atomic mass is 31.2. The molecule has 11 nitrogen and oxygen atoms in total. The average Bonchev–Trinajstić information content (AvgIpc) is 3.23. The molecule has 0 spiro atoms. The van der Waals surface area contributed by atoms with Crippen LogP contribution in [0.25, 0.3) is 11.2 Å². The van der Waals surface area contributed by atoms with E-state index in [-0.39, 0.29) is 24.7 Å². The molecule has 0 bridgehead atoms. The molecule has 186 valence electrons. The van der Waals surface area contributed by atoms with Gasteiger partial charge >= 0.3 is 13.7 Å². The Morgan fingerprint density at radius 3 is 2.69 bits per heavy atom. The Morgan fingerprint density at radius 2 is 2.00 bits per heavy atom. The van der Waals surface area contributed by atoms with Gasteiger partial charge in [-0.3, -0.25) is 9.32 Å². The van der Waals surface area contributed by atoms with E-state index in [1.54, 1.807) is 51.4 Å². The van der Waals surface area contributed by atoms with E-state index in [0.29, 0.717) is 29.2 Å². The minimum atomic E-state index is -3.93. The lowest BCUT2D eigenvalue weighted by Crippen LogP contribution is -2.37. The Kier molecular flexibility index (Phi) is 7.20. The molecule has 3 aromatic rings. The van der Waals surface area contributed by atoms with Crippen LogP contribution in [0.5, 0.6) is 5.75 Å². The van der Waals surface area contributed by atoms with Crippen molar-refractivity contribution in [2.75, 3.05) is 12.3 Å². The van der Waals surface area contributed by atoms with Gasteiger partial charge in [0, 0.05) is 5.92 Å². The summed E-state index contributed by atoms with van der Waals surface area (Å²) >= 11 is 0. The Balaban J connectivity index is 1.44. The van der Waals surface area contributed by atoms with Crippen LogP contribution < -0.4 is 15.3 Å². The normalized spacial score (nSPS) is 20.3. The highest BCUT2D eigenvalue weighted by Gasteiger charge is 2.39. The molecule has 0 amide bonds. The summed E-state index contributed by atoms with van der Waals surface area (Å²) in [6.45, 7) is 9.30. The highest BCUT2D eigenvalue weighted by molar-refractivity contribution is 7.52. The van der Waals surface area contributed by atoms with E-state index in [2.05, 4.69) is 26.6 Å². The minimum absolute atomic E-state index is 0.0507. The number of nitrogens with two attached hydrogens (primary N) is 1. The summed E-state index contributed by atoms with van der Waals surface area (Å²) < 4.78 is 32.2. The number of anilines is 1. The summed E-state index contributed by atoms with van der Waals surface area (Å²) in [7, 11) is -3.93. The molecule has 2 aromatic heterocycles.